The first kappa shape index (κ1) is 13.8. The van der Waals surface area contributed by atoms with E-state index in [-0.39, 0.29) is 23.4 Å². The van der Waals surface area contributed by atoms with Crippen molar-refractivity contribution in [2.24, 2.45) is 5.16 Å². The predicted octanol–water partition coefficient (Wildman–Crippen LogP) is 1.38. The monoisotopic (exact) mass is 293 g/mol. The maximum atomic E-state index is 11.9. The summed E-state index contributed by atoms with van der Waals surface area (Å²) < 4.78 is 0. The van der Waals surface area contributed by atoms with Gasteiger partial charge >= 0.3 is 5.97 Å². The van der Waals surface area contributed by atoms with E-state index in [1.165, 1.54) is 18.2 Å². The van der Waals surface area contributed by atoms with Crippen LogP contribution >= 0.6 is 11.6 Å². The van der Waals surface area contributed by atoms with Crippen molar-refractivity contribution in [2.45, 2.75) is 12.5 Å². The van der Waals surface area contributed by atoms with Gasteiger partial charge in [-0.3, -0.25) is 4.79 Å². The molecule has 1 aromatic rings. The summed E-state index contributed by atoms with van der Waals surface area (Å²) in [4.78, 5) is 27.3. The molecule has 1 heterocycles. The summed E-state index contributed by atoms with van der Waals surface area (Å²) in [5, 5.41) is 23.8. The van der Waals surface area contributed by atoms with Crippen molar-refractivity contribution < 1.29 is 19.5 Å². The van der Waals surface area contributed by atoms with Gasteiger partial charge in [-0.1, -0.05) is 16.8 Å². The van der Waals surface area contributed by atoms with Crippen LogP contribution in [-0.2, 0) is 14.4 Å². The molecule has 0 saturated carbocycles. The summed E-state index contributed by atoms with van der Waals surface area (Å²) in [5.74, 6) is -1.83. The highest BCUT2D eigenvalue weighted by atomic mass is 35.5. The second-order valence-electron chi connectivity index (χ2n) is 3.93. The van der Waals surface area contributed by atoms with E-state index in [1.807, 2.05) is 6.07 Å². The minimum atomic E-state index is -1.24. The van der Waals surface area contributed by atoms with Gasteiger partial charge in [0.2, 0.25) is 6.10 Å². The van der Waals surface area contributed by atoms with Crippen LogP contribution in [-0.4, -0.2) is 28.8 Å². The summed E-state index contributed by atoms with van der Waals surface area (Å²) in [6, 6.07) is 6.32. The fourth-order valence-corrected chi connectivity index (χ4v) is 1.75. The predicted molar refractivity (Wildman–Crippen MR) is 69.4 cm³/mol. The lowest BCUT2D eigenvalue weighted by Gasteiger charge is -2.10. The number of carbonyl (C=O) groups excluding carboxylic acids is 1. The number of nitrogens with zero attached hydrogens (tertiary/aromatic N) is 2. The molecule has 2 rings (SSSR count). The zero-order chi connectivity index (χ0) is 14.7. The van der Waals surface area contributed by atoms with Crippen molar-refractivity contribution in [2.75, 3.05) is 5.32 Å². The minimum absolute atomic E-state index is 0.135. The Labute approximate surface area is 118 Å². The van der Waals surface area contributed by atoms with Gasteiger partial charge in [0, 0.05) is 11.4 Å². The number of benzene rings is 1. The molecule has 0 fully saturated rings. The number of nitrogens with one attached hydrogen (secondary N) is 1. The smallest absolute Gasteiger partial charge is 0.353 e. The molecule has 102 valence electrons. The van der Waals surface area contributed by atoms with Crippen LogP contribution in [0.5, 0.6) is 0 Å². The minimum Gasteiger partial charge on any atom is -0.477 e. The lowest BCUT2D eigenvalue weighted by atomic mass is 10.1. The standard InChI is InChI=1S/C12H8ClN3O4/c13-7-2-1-6(5-14)8(3-7)15-11(17)10-4-9(12(18)19)16-20-10/h1-3,10H,4H2,(H,15,17)(H,18,19). The summed E-state index contributed by atoms with van der Waals surface area (Å²) in [6.07, 6.45) is -1.17. The summed E-state index contributed by atoms with van der Waals surface area (Å²) >= 11 is 5.79. The molecule has 20 heavy (non-hydrogen) atoms. The van der Waals surface area contributed by atoms with E-state index < -0.39 is 18.0 Å². The van der Waals surface area contributed by atoms with E-state index in [4.69, 9.17) is 26.8 Å². The van der Waals surface area contributed by atoms with Crippen molar-refractivity contribution in [3.63, 3.8) is 0 Å². The maximum absolute atomic E-state index is 11.9. The third-order valence-corrected chi connectivity index (χ3v) is 2.80. The SMILES string of the molecule is N#Cc1ccc(Cl)cc1NC(=O)C1CC(C(=O)O)=NO1. The van der Waals surface area contributed by atoms with Crippen LogP contribution in [0.25, 0.3) is 0 Å². The Kier molecular flexibility index (Phi) is 3.86. The van der Waals surface area contributed by atoms with Crippen LogP contribution in [0.1, 0.15) is 12.0 Å². The van der Waals surface area contributed by atoms with Crippen molar-refractivity contribution in [1.29, 1.82) is 5.26 Å². The number of oxime groups is 1. The molecule has 1 unspecified atom stereocenters. The second kappa shape index (κ2) is 5.59. The molecule has 0 saturated heterocycles. The number of nitriles is 1. The Morgan fingerprint density at radius 1 is 1.55 bits per heavy atom. The topological polar surface area (TPSA) is 112 Å². The highest BCUT2D eigenvalue weighted by Crippen LogP contribution is 2.21. The van der Waals surface area contributed by atoms with E-state index in [1.54, 1.807) is 0 Å². The zero-order valence-electron chi connectivity index (χ0n) is 9.96. The Hall–Kier alpha value is -2.59. The molecule has 0 aromatic heterocycles. The number of anilines is 1. The van der Waals surface area contributed by atoms with E-state index in [2.05, 4.69) is 10.5 Å². The number of amides is 1. The van der Waals surface area contributed by atoms with Gasteiger partial charge in [-0.2, -0.15) is 5.26 Å². The first-order valence-corrected chi connectivity index (χ1v) is 5.85. The third-order valence-electron chi connectivity index (χ3n) is 2.57. The molecule has 0 radical (unpaired) electrons. The molecule has 0 bridgehead atoms. The number of carboxylic acid groups (broad SMARTS) is 1. The number of hydrogen-bond donors (Lipinski definition) is 2. The largest absolute Gasteiger partial charge is 0.477 e. The zero-order valence-corrected chi connectivity index (χ0v) is 10.7. The molecule has 1 atom stereocenters. The first-order chi connectivity index (χ1) is 9.51. The van der Waals surface area contributed by atoms with Gasteiger partial charge in [-0.15, -0.1) is 0 Å². The van der Waals surface area contributed by atoms with Crippen molar-refractivity contribution in [3.05, 3.63) is 28.8 Å². The van der Waals surface area contributed by atoms with Gasteiger partial charge in [-0.05, 0) is 18.2 Å². The Balaban J connectivity index is 2.09. The van der Waals surface area contributed by atoms with Crippen LogP contribution < -0.4 is 5.32 Å². The second-order valence-corrected chi connectivity index (χ2v) is 4.37. The number of halogens is 1. The normalized spacial score (nSPS) is 16.8. The molecular weight excluding hydrogens is 286 g/mol. The lowest BCUT2D eigenvalue weighted by molar-refractivity contribution is -0.129. The quantitative estimate of drug-likeness (QED) is 0.874. The molecule has 1 aliphatic rings. The molecule has 0 aliphatic carbocycles. The molecule has 2 N–H and O–H groups in total. The average Bonchev–Trinajstić information content (AvgIpc) is 2.89. The van der Waals surface area contributed by atoms with Crippen molar-refractivity contribution in [3.8, 4) is 6.07 Å². The van der Waals surface area contributed by atoms with Gasteiger partial charge < -0.3 is 15.3 Å². The number of rotatable bonds is 3. The van der Waals surface area contributed by atoms with Gasteiger partial charge in [0.15, 0.2) is 5.71 Å². The Morgan fingerprint density at radius 2 is 2.30 bits per heavy atom. The number of aliphatic carboxylic acids is 1. The third kappa shape index (κ3) is 2.87. The van der Waals surface area contributed by atoms with Gasteiger partial charge in [-0.25, -0.2) is 4.79 Å². The van der Waals surface area contributed by atoms with E-state index in [0.29, 0.717) is 5.02 Å². The molecule has 8 heteroatoms. The lowest BCUT2D eigenvalue weighted by Crippen LogP contribution is -2.29. The van der Waals surface area contributed by atoms with Crippen LogP contribution in [0.15, 0.2) is 23.4 Å². The summed E-state index contributed by atoms with van der Waals surface area (Å²) in [6.45, 7) is 0. The van der Waals surface area contributed by atoms with Crippen LogP contribution in [0, 0.1) is 11.3 Å². The van der Waals surface area contributed by atoms with E-state index in [0.717, 1.165) is 0 Å². The van der Waals surface area contributed by atoms with Crippen molar-refractivity contribution in [1.82, 2.24) is 0 Å². The van der Waals surface area contributed by atoms with Gasteiger partial charge in [0.05, 0.1) is 11.3 Å². The van der Waals surface area contributed by atoms with Crippen molar-refractivity contribution >= 4 is 34.9 Å². The Bertz CT molecular complexity index is 651. The Morgan fingerprint density at radius 3 is 2.90 bits per heavy atom. The van der Waals surface area contributed by atoms with Crippen LogP contribution in [0.3, 0.4) is 0 Å². The first-order valence-electron chi connectivity index (χ1n) is 5.47. The van der Waals surface area contributed by atoms with Crippen LogP contribution in [0.4, 0.5) is 5.69 Å². The highest BCUT2D eigenvalue weighted by molar-refractivity contribution is 6.36. The molecule has 1 amide bonds. The molecular formula is C12H8ClN3O4. The molecule has 1 aromatic carbocycles. The highest BCUT2D eigenvalue weighted by Gasteiger charge is 2.31. The number of hydrogen-bond acceptors (Lipinski definition) is 5. The summed E-state index contributed by atoms with van der Waals surface area (Å²) in [7, 11) is 0. The van der Waals surface area contributed by atoms with Crippen LogP contribution in [0.2, 0.25) is 5.02 Å². The molecule has 1 aliphatic heterocycles. The molecule has 0 spiro atoms. The fourth-order valence-electron chi connectivity index (χ4n) is 1.57. The van der Waals surface area contributed by atoms with Gasteiger partial charge in [0.25, 0.3) is 5.91 Å². The van der Waals surface area contributed by atoms with E-state index >= 15 is 0 Å². The molecule has 7 nitrogen and oxygen atoms in total. The average molecular weight is 294 g/mol. The van der Waals surface area contributed by atoms with E-state index in [9.17, 15) is 9.59 Å². The summed E-state index contributed by atoms with van der Waals surface area (Å²) in [5.41, 5.74) is 0.245. The maximum Gasteiger partial charge on any atom is 0.353 e. The number of carboxylic acids is 1. The van der Waals surface area contributed by atoms with Gasteiger partial charge in [0.1, 0.15) is 6.07 Å². The fraction of sp³-hybridized carbons (Fsp3) is 0.167. The number of carbonyl (C=O) groups is 2.